The zero-order valence-electron chi connectivity index (χ0n) is 23.3. The molecule has 0 aliphatic heterocycles. The lowest BCUT2D eigenvalue weighted by Crippen LogP contribution is -2.29. The fourth-order valence-corrected chi connectivity index (χ4v) is 8.81. The fourth-order valence-electron chi connectivity index (χ4n) is 5.88. The van der Waals surface area contributed by atoms with Crippen LogP contribution in [0.25, 0.3) is 0 Å². The molecule has 3 heteroatoms. The number of hydrogen-bond acceptors (Lipinski definition) is 3. The Labute approximate surface area is 233 Å². The number of hydrogen-bond donors (Lipinski definition) is 1. The average Bonchev–Trinajstić information content (AvgIpc) is 2.90. The van der Waals surface area contributed by atoms with Gasteiger partial charge in [-0.25, -0.2) is 0 Å². The second kappa shape index (κ2) is 12.3. The molecule has 0 amide bonds. The van der Waals surface area contributed by atoms with Crippen LogP contribution >= 0.6 is 23.5 Å². The van der Waals surface area contributed by atoms with E-state index in [-0.39, 0.29) is 10.8 Å². The van der Waals surface area contributed by atoms with Crippen molar-refractivity contribution in [2.75, 3.05) is 0 Å². The monoisotopic (exact) mass is 532 g/mol. The third kappa shape index (κ3) is 6.98. The zero-order valence-corrected chi connectivity index (χ0v) is 25.0. The van der Waals surface area contributed by atoms with Gasteiger partial charge in [-0.1, -0.05) is 107 Å². The number of thioether (sulfide) groups is 2. The fraction of sp³-hybridized carbons (Fsp3) is 0.471. The van der Waals surface area contributed by atoms with Gasteiger partial charge in [-0.15, -0.1) is 23.5 Å². The Morgan fingerprint density at radius 2 is 1.35 bits per heavy atom. The molecule has 3 aromatic carbocycles. The highest BCUT2D eigenvalue weighted by Gasteiger charge is 2.35. The van der Waals surface area contributed by atoms with E-state index in [0.717, 1.165) is 23.5 Å². The summed E-state index contributed by atoms with van der Waals surface area (Å²) in [4.78, 5) is 0. The molecule has 3 aromatic rings. The van der Waals surface area contributed by atoms with Crippen molar-refractivity contribution in [3.8, 4) is 5.75 Å². The van der Waals surface area contributed by atoms with Crippen molar-refractivity contribution in [3.63, 3.8) is 0 Å². The van der Waals surface area contributed by atoms with Gasteiger partial charge in [0, 0.05) is 17.1 Å². The summed E-state index contributed by atoms with van der Waals surface area (Å²) in [6.45, 7) is 11.6. The van der Waals surface area contributed by atoms with Gasteiger partial charge in [0.25, 0.3) is 0 Å². The Bertz CT molecular complexity index is 1100. The molecule has 0 saturated heterocycles. The molecule has 1 aliphatic carbocycles. The minimum atomic E-state index is 0.0527. The second-order valence-electron chi connectivity index (χ2n) is 11.9. The predicted molar refractivity (Wildman–Crippen MR) is 165 cm³/mol. The maximum atomic E-state index is 11.4. The van der Waals surface area contributed by atoms with Gasteiger partial charge >= 0.3 is 0 Å². The van der Waals surface area contributed by atoms with Crippen LogP contribution in [0.1, 0.15) is 86.3 Å². The zero-order chi connectivity index (χ0) is 26.5. The van der Waals surface area contributed by atoms with E-state index in [1.165, 1.54) is 59.9 Å². The Morgan fingerprint density at radius 1 is 0.838 bits per heavy atom. The number of benzene rings is 3. The summed E-state index contributed by atoms with van der Waals surface area (Å²) in [7, 11) is 0. The summed E-state index contributed by atoms with van der Waals surface area (Å²) in [5.74, 6) is 2.57. The maximum absolute atomic E-state index is 11.4. The van der Waals surface area contributed by atoms with E-state index in [4.69, 9.17) is 0 Å². The van der Waals surface area contributed by atoms with E-state index in [1.807, 2.05) is 0 Å². The van der Waals surface area contributed by atoms with Crippen LogP contribution < -0.4 is 0 Å². The van der Waals surface area contributed by atoms with Gasteiger partial charge in [-0.2, -0.15) is 0 Å². The smallest absolute Gasteiger partial charge is 0.122 e. The van der Waals surface area contributed by atoms with Crippen molar-refractivity contribution < 1.29 is 5.11 Å². The first-order chi connectivity index (χ1) is 17.7. The highest BCUT2D eigenvalue weighted by Crippen LogP contribution is 2.48. The van der Waals surface area contributed by atoms with E-state index in [1.54, 1.807) is 0 Å². The lowest BCUT2D eigenvalue weighted by atomic mass is 9.69. The van der Waals surface area contributed by atoms with Crippen LogP contribution in [0.5, 0.6) is 5.75 Å². The molecule has 1 nitrogen and oxygen atoms in total. The molecule has 0 atom stereocenters. The van der Waals surface area contributed by atoms with Crippen LogP contribution in [-0.4, -0.2) is 9.69 Å². The van der Waals surface area contributed by atoms with Crippen molar-refractivity contribution in [1.29, 1.82) is 0 Å². The molecule has 0 heterocycles. The van der Waals surface area contributed by atoms with E-state index in [9.17, 15) is 5.11 Å². The number of aryl methyl sites for hydroxylation is 1. The molecule has 0 bridgehead atoms. The van der Waals surface area contributed by atoms with Gasteiger partial charge in [-0.3, -0.25) is 0 Å². The molecule has 1 fully saturated rings. The van der Waals surface area contributed by atoms with E-state index < -0.39 is 0 Å². The van der Waals surface area contributed by atoms with E-state index in [2.05, 4.69) is 125 Å². The molecule has 1 saturated carbocycles. The number of rotatable bonds is 10. The summed E-state index contributed by atoms with van der Waals surface area (Å²) in [5, 5.41) is 11.4. The van der Waals surface area contributed by atoms with Crippen LogP contribution in [0.4, 0.5) is 0 Å². The lowest BCUT2D eigenvalue weighted by molar-refractivity contribution is 0.307. The minimum absolute atomic E-state index is 0.0527. The van der Waals surface area contributed by atoms with Crippen LogP contribution in [-0.2, 0) is 23.3 Å². The van der Waals surface area contributed by atoms with Crippen molar-refractivity contribution in [3.05, 3.63) is 100 Å². The van der Waals surface area contributed by atoms with Gasteiger partial charge in [0.2, 0.25) is 0 Å². The van der Waals surface area contributed by atoms with Crippen molar-refractivity contribution >= 4 is 23.5 Å². The highest BCUT2D eigenvalue weighted by atomic mass is 32.2. The van der Waals surface area contributed by atoms with Crippen molar-refractivity contribution in [2.24, 2.45) is 5.41 Å². The molecule has 0 aromatic heterocycles. The summed E-state index contributed by atoms with van der Waals surface area (Å²) >= 11 is 4.12. The van der Waals surface area contributed by atoms with Crippen molar-refractivity contribution in [1.82, 2.24) is 0 Å². The van der Waals surface area contributed by atoms with Crippen LogP contribution in [0, 0.1) is 19.3 Å². The molecule has 0 unspecified atom stereocenters. The number of phenolic OH excluding ortho intramolecular Hbond substituents is 1. The summed E-state index contributed by atoms with van der Waals surface area (Å²) in [6.07, 6.45) is 7.17. The minimum Gasteiger partial charge on any atom is -0.507 e. The first-order valence-electron chi connectivity index (χ1n) is 13.8. The molecule has 0 radical (unpaired) electrons. The molecule has 198 valence electrons. The molecular weight excluding hydrogens is 489 g/mol. The number of phenols is 1. The summed E-state index contributed by atoms with van der Waals surface area (Å²) < 4.78 is 0.421. The topological polar surface area (TPSA) is 20.2 Å². The highest BCUT2D eigenvalue weighted by molar-refractivity contribution is 8.16. The average molecular weight is 533 g/mol. The SMILES string of the molecule is Cc1cc(C2(C)CCCCC2)c(O)c(C)c1CC(C)(C)C(SCc1ccccc1)SCc1ccccc1. The molecular formula is C34H44OS2. The lowest BCUT2D eigenvalue weighted by Gasteiger charge is -2.37. The molecule has 37 heavy (non-hydrogen) atoms. The molecule has 0 spiro atoms. The van der Waals surface area contributed by atoms with Gasteiger partial charge in [-0.05, 0) is 71.8 Å². The van der Waals surface area contributed by atoms with Crippen LogP contribution in [0.15, 0.2) is 66.7 Å². The third-order valence-electron chi connectivity index (χ3n) is 8.27. The standard InChI is InChI=1S/C34H44OS2/c1-25-21-30(34(5)19-13-8-14-20-34)31(35)26(2)29(25)22-33(3,4)32(36-23-27-15-9-6-10-16-27)37-24-28-17-11-7-12-18-28/h6-7,9-12,15-18,21,32,35H,8,13-14,19-20,22-24H2,1-5H3. The molecule has 4 rings (SSSR count). The predicted octanol–water partition coefficient (Wildman–Crippen LogP) is 9.99. The summed E-state index contributed by atoms with van der Waals surface area (Å²) in [5.41, 5.74) is 7.85. The Balaban J connectivity index is 1.58. The summed E-state index contributed by atoms with van der Waals surface area (Å²) in [6, 6.07) is 24.0. The third-order valence-corrected chi connectivity index (χ3v) is 12.0. The van der Waals surface area contributed by atoms with Gasteiger partial charge in [0.05, 0.1) is 4.58 Å². The van der Waals surface area contributed by atoms with Crippen molar-refractivity contribution in [2.45, 2.75) is 94.6 Å². The number of aromatic hydroxyl groups is 1. The Morgan fingerprint density at radius 3 is 1.86 bits per heavy atom. The quantitative estimate of drug-likeness (QED) is 0.262. The normalized spacial score (nSPS) is 15.7. The van der Waals surface area contributed by atoms with E-state index >= 15 is 0 Å². The van der Waals surface area contributed by atoms with Crippen LogP contribution in [0.3, 0.4) is 0 Å². The molecule has 1 N–H and O–H groups in total. The Hall–Kier alpha value is -1.84. The van der Waals surface area contributed by atoms with Crippen LogP contribution in [0.2, 0.25) is 0 Å². The van der Waals surface area contributed by atoms with Gasteiger partial charge in [0.1, 0.15) is 5.75 Å². The van der Waals surface area contributed by atoms with Gasteiger partial charge < -0.3 is 5.11 Å². The largest absolute Gasteiger partial charge is 0.507 e. The van der Waals surface area contributed by atoms with E-state index in [0.29, 0.717) is 10.3 Å². The second-order valence-corrected chi connectivity index (χ2v) is 14.4. The first kappa shape index (κ1) is 28.2. The molecule has 1 aliphatic rings. The van der Waals surface area contributed by atoms with Gasteiger partial charge in [0.15, 0.2) is 0 Å². The Kier molecular flexibility index (Phi) is 9.40. The first-order valence-corrected chi connectivity index (χ1v) is 15.9. The maximum Gasteiger partial charge on any atom is 0.122 e.